The highest BCUT2D eigenvalue weighted by molar-refractivity contribution is 5.80. The average Bonchev–Trinajstić information content (AvgIpc) is 2.67. The van der Waals surface area contributed by atoms with Crippen molar-refractivity contribution in [2.24, 2.45) is 11.7 Å². The van der Waals surface area contributed by atoms with Crippen LogP contribution in [0, 0.1) is 5.92 Å². The molecule has 170 valence electrons. The van der Waals surface area contributed by atoms with Gasteiger partial charge in [0.1, 0.15) is 5.60 Å². The van der Waals surface area contributed by atoms with E-state index in [9.17, 15) is 14.7 Å². The summed E-state index contributed by atoms with van der Waals surface area (Å²) < 4.78 is 5.40. The molecule has 7 nitrogen and oxygen atoms in total. The highest BCUT2D eigenvalue weighted by Gasteiger charge is 2.31. The van der Waals surface area contributed by atoms with E-state index in [1.54, 1.807) is 20.8 Å². The minimum absolute atomic E-state index is 0.0139. The van der Waals surface area contributed by atoms with Crippen molar-refractivity contribution in [3.8, 4) is 0 Å². The van der Waals surface area contributed by atoms with E-state index in [-0.39, 0.29) is 18.6 Å². The molecule has 1 unspecified atom stereocenters. The maximum absolute atomic E-state index is 13.2. The molecule has 3 atom stereocenters. The Labute approximate surface area is 180 Å². The number of carbonyl (C=O) groups excluding carboxylic acids is 2. The molecule has 0 aliphatic carbocycles. The van der Waals surface area contributed by atoms with Gasteiger partial charge < -0.3 is 26.2 Å². The van der Waals surface area contributed by atoms with E-state index in [0.29, 0.717) is 25.8 Å². The zero-order valence-electron chi connectivity index (χ0n) is 18.8. The van der Waals surface area contributed by atoms with E-state index >= 15 is 0 Å². The maximum Gasteiger partial charge on any atom is 0.407 e. The Hall–Kier alpha value is -2.12. The second-order valence-electron chi connectivity index (χ2n) is 8.65. The lowest BCUT2D eigenvalue weighted by molar-refractivity contribution is -0.127. The number of amides is 2. The van der Waals surface area contributed by atoms with Gasteiger partial charge in [0, 0.05) is 12.6 Å². The van der Waals surface area contributed by atoms with Gasteiger partial charge in [-0.1, -0.05) is 36.8 Å². The summed E-state index contributed by atoms with van der Waals surface area (Å²) in [7, 11) is 0. The molecule has 1 rings (SSSR count). The number of unbranched alkanes of at least 4 members (excludes halogenated alkanes) is 1. The van der Waals surface area contributed by atoms with Crippen LogP contribution in [0.25, 0.3) is 0 Å². The molecule has 0 saturated carbocycles. The van der Waals surface area contributed by atoms with Gasteiger partial charge in [-0.3, -0.25) is 4.79 Å². The molecule has 0 spiro atoms. The van der Waals surface area contributed by atoms with Crippen LogP contribution in [0.2, 0.25) is 0 Å². The number of nitrogens with one attached hydrogen (secondary N) is 2. The Morgan fingerprint density at radius 1 is 1.07 bits per heavy atom. The van der Waals surface area contributed by atoms with Crippen molar-refractivity contribution in [2.45, 2.75) is 77.5 Å². The Balaban J connectivity index is 2.95. The van der Waals surface area contributed by atoms with Crippen LogP contribution >= 0.6 is 0 Å². The molecule has 0 saturated heterocycles. The number of hydrogen-bond donors (Lipinski definition) is 4. The number of aliphatic hydroxyl groups excluding tert-OH is 1. The van der Waals surface area contributed by atoms with Crippen LogP contribution in [0.3, 0.4) is 0 Å². The smallest absolute Gasteiger partial charge is 0.407 e. The third kappa shape index (κ3) is 10.1. The molecule has 30 heavy (non-hydrogen) atoms. The standard InChI is InChI=1S/C23H39N3O4/c1-17(18-11-6-5-7-12-18)25-21(28)19(13-10-16-27)20(14-8-9-15-24)26-22(29)30-23(2,3)4/h5-7,11-12,17,19-20,27H,8-10,13-16,24H2,1-4H3,(H,25,28)(H,26,29)/t17-,19?,20+/m1/s1. The fourth-order valence-electron chi connectivity index (χ4n) is 3.31. The Bertz CT molecular complexity index is 631. The van der Waals surface area contributed by atoms with Crippen LogP contribution in [0.1, 0.15) is 71.4 Å². The number of ether oxygens (including phenoxy) is 1. The molecular weight excluding hydrogens is 382 g/mol. The Morgan fingerprint density at radius 2 is 1.73 bits per heavy atom. The zero-order valence-corrected chi connectivity index (χ0v) is 18.8. The third-order valence-electron chi connectivity index (χ3n) is 4.83. The van der Waals surface area contributed by atoms with Crippen molar-refractivity contribution < 1.29 is 19.4 Å². The summed E-state index contributed by atoms with van der Waals surface area (Å²) in [6, 6.07) is 9.15. The van der Waals surface area contributed by atoms with E-state index in [2.05, 4.69) is 10.6 Å². The number of alkyl carbamates (subject to hydrolysis) is 1. The largest absolute Gasteiger partial charge is 0.444 e. The molecular formula is C23H39N3O4. The lowest BCUT2D eigenvalue weighted by atomic mass is 9.89. The van der Waals surface area contributed by atoms with E-state index in [1.807, 2.05) is 37.3 Å². The first-order valence-corrected chi connectivity index (χ1v) is 10.8. The highest BCUT2D eigenvalue weighted by atomic mass is 16.6. The minimum atomic E-state index is -0.628. The summed E-state index contributed by atoms with van der Waals surface area (Å²) >= 11 is 0. The van der Waals surface area contributed by atoms with Gasteiger partial charge in [0.05, 0.1) is 12.0 Å². The molecule has 0 bridgehead atoms. The van der Waals surface area contributed by atoms with E-state index in [1.165, 1.54) is 0 Å². The number of nitrogens with two attached hydrogens (primary N) is 1. The fourth-order valence-corrected chi connectivity index (χ4v) is 3.31. The van der Waals surface area contributed by atoms with Gasteiger partial charge in [0.25, 0.3) is 0 Å². The van der Waals surface area contributed by atoms with Crippen LogP contribution in [-0.2, 0) is 9.53 Å². The summed E-state index contributed by atoms with van der Waals surface area (Å²) in [5.74, 6) is -0.623. The van der Waals surface area contributed by atoms with Crippen LogP contribution in [0.5, 0.6) is 0 Å². The van der Waals surface area contributed by atoms with Crippen LogP contribution in [0.15, 0.2) is 30.3 Å². The van der Waals surface area contributed by atoms with Gasteiger partial charge >= 0.3 is 6.09 Å². The van der Waals surface area contributed by atoms with Crippen LogP contribution in [-0.4, -0.2) is 41.9 Å². The second-order valence-corrected chi connectivity index (χ2v) is 8.65. The first kappa shape index (κ1) is 25.9. The SMILES string of the molecule is C[C@@H](NC(=O)C(CCCO)[C@H](CCCCN)NC(=O)OC(C)(C)C)c1ccccc1. The maximum atomic E-state index is 13.2. The topological polar surface area (TPSA) is 114 Å². The van der Waals surface area contributed by atoms with Crippen molar-refractivity contribution in [1.82, 2.24) is 10.6 Å². The molecule has 2 amide bonds. The second kappa shape index (κ2) is 13.2. The van der Waals surface area contributed by atoms with Crippen molar-refractivity contribution in [3.63, 3.8) is 0 Å². The summed E-state index contributed by atoms with van der Waals surface area (Å²) in [4.78, 5) is 25.6. The molecule has 0 aromatic heterocycles. The summed E-state index contributed by atoms with van der Waals surface area (Å²) in [6.07, 6.45) is 2.60. The molecule has 0 aliphatic rings. The van der Waals surface area contributed by atoms with Gasteiger partial charge in [0.15, 0.2) is 0 Å². The summed E-state index contributed by atoms with van der Waals surface area (Å²) in [6.45, 7) is 7.87. The average molecular weight is 422 g/mol. The Morgan fingerprint density at radius 3 is 2.30 bits per heavy atom. The van der Waals surface area contributed by atoms with Gasteiger partial charge in [-0.25, -0.2) is 4.79 Å². The monoisotopic (exact) mass is 421 g/mol. The number of hydrogen-bond acceptors (Lipinski definition) is 5. The number of carbonyl (C=O) groups is 2. The van der Waals surface area contributed by atoms with Gasteiger partial charge in [-0.05, 0) is 65.5 Å². The van der Waals surface area contributed by atoms with Crippen molar-refractivity contribution in [3.05, 3.63) is 35.9 Å². The lowest BCUT2D eigenvalue weighted by Gasteiger charge is -2.30. The van der Waals surface area contributed by atoms with E-state index < -0.39 is 23.7 Å². The predicted molar refractivity (Wildman–Crippen MR) is 119 cm³/mol. The molecule has 1 aromatic rings. The molecule has 0 aliphatic heterocycles. The number of benzene rings is 1. The Kier molecular flexibility index (Phi) is 11.4. The molecule has 0 radical (unpaired) electrons. The van der Waals surface area contributed by atoms with Crippen LogP contribution in [0.4, 0.5) is 4.79 Å². The van der Waals surface area contributed by atoms with Gasteiger partial charge in [-0.15, -0.1) is 0 Å². The highest BCUT2D eigenvalue weighted by Crippen LogP contribution is 2.21. The molecule has 5 N–H and O–H groups in total. The normalized spacial score (nSPS) is 14.5. The molecule has 1 aromatic carbocycles. The number of rotatable bonds is 12. The summed E-state index contributed by atoms with van der Waals surface area (Å²) in [5.41, 5.74) is 6.00. The van der Waals surface area contributed by atoms with Gasteiger partial charge in [0.2, 0.25) is 5.91 Å². The minimum Gasteiger partial charge on any atom is -0.444 e. The quantitative estimate of drug-likeness (QED) is 0.387. The zero-order chi connectivity index (χ0) is 22.6. The van der Waals surface area contributed by atoms with Crippen molar-refractivity contribution >= 4 is 12.0 Å². The van der Waals surface area contributed by atoms with Crippen molar-refractivity contribution in [2.75, 3.05) is 13.2 Å². The molecule has 7 heteroatoms. The summed E-state index contributed by atoms with van der Waals surface area (Å²) in [5, 5.41) is 15.3. The first-order valence-electron chi connectivity index (χ1n) is 10.8. The van der Waals surface area contributed by atoms with E-state index in [0.717, 1.165) is 18.4 Å². The third-order valence-corrected chi connectivity index (χ3v) is 4.83. The number of aliphatic hydroxyl groups is 1. The van der Waals surface area contributed by atoms with Crippen LogP contribution < -0.4 is 16.4 Å². The van der Waals surface area contributed by atoms with Crippen molar-refractivity contribution in [1.29, 1.82) is 0 Å². The fraction of sp³-hybridized carbons (Fsp3) is 0.652. The molecule has 0 heterocycles. The predicted octanol–water partition coefficient (Wildman–Crippen LogP) is 3.27. The lowest BCUT2D eigenvalue weighted by Crippen LogP contribution is -2.48. The van der Waals surface area contributed by atoms with Gasteiger partial charge in [-0.2, -0.15) is 0 Å². The molecule has 0 fully saturated rings. The van der Waals surface area contributed by atoms with E-state index in [4.69, 9.17) is 10.5 Å². The first-order chi connectivity index (χ1) is 14.2.